The van der Waals surface area contributed by atoms with Gasteiger partial charge in [0.05, 0.1) is 6.10 Å². The zero-order chi connectivity index (χ0) is 19.4. The third kappa shape index (κ3) is 5.21. The predicted molar refractivity (Wildman–Crippen MR) is 114 cm³/mol. The Hall–Kier alpha value is -1.64. The molecular formula is C25H35NO. The van der Waals surface area contributed by atoms with Gasteiger partial charge in [-0.2, -0.15) is 0 Å². The summed E-state index contributed by atoms with van der Waals surface area (Å²) in [7, 11) is 0. The van der Waals surface area contributed by atoms with Crippen LogP contribution in [0.1, 0.15) is 67.9 Å². The van der Waals surface area contributed by atoms with Crippen molar-refractivity contribution in [2.45, 2.75) is 65.0 Å². The summed E-state index contributed by atoms with van der Waals surface area (Å²) in [4.78, 5) is 2.46. The molecule has 0 amide bonds. The minimum absolute atomic E-state index is 0.165. The second-order valence-corrected chi connectivity index (χ2v) is 8.68. The van der Waals surface area contributed by atoms with Crippen LogP contribution in [-0.4, -0.2) is 29.1 Å². The summed E-state index contributed by atoms with van der Waals surface area (Å²) in [6.45, 7) is 10.9. The first-order valence-electron chi connectivity index (χ1n) is 10.5. The lowest BCUT2D eigenvalue weighted by atomic mass is 9.88. The molecule has 0 saturated carbocycles. The predicted octanol–water partition coefficient (Wildman–Crippen LogP) is 5.50. The first-order valence-corrected chi connectivity index (χ1v) is 10.5. The molecule has 0 aliphatic carbocycles. The molecule has 1 fully saturated rings. The van der Waals surface area contributed by atoms with Crippen LogP contribution >= 0.6 is 0 Å². The van der Waals surface area contributed by atoms with Gasteiger partial charge in [0.25, 0.3) is 0 Å². The van der Waals surface area contributed by atoms with Gasteiger partial charge in [-0.25, -0.2) is 0 Å². The fourth-order valence-electron chi connectivity index (χ4n) is 4.22. The highest BCUT2D eigenvalue weighted by atomic mass is 16.3. The number of likely N-dealkylation sites (tertiary alicyclic amines) is 1. The molecule has 3 rings (SSSR count). The maximum atomic E-state index is 10.8. The van der Waals surface area contributed by atoms with Crippen molar-refractivity contribution in [3.8, 4) is 0 Å². The zero-order valence-corrected chi connectivity index (χ0v) is 17.4. The molecule has 1 aliphatic heterocycles. The standard InChI is InChI=1S/C25H35NO/c1-18(2)24-7-5-6-22(17-24)16-21-12-14-26(15-13-21)20(4)25(27)23-10-8-19(3)9-11-23/h5-11,17-18,20-21,25,27H,12-16H2,1-4H3. The number of aryl methyl sites for hydroxylation is 1. The smallest absolute Gasteiger partial charge is 0.0942 e. The lowest BCUT2D eigenvalue weighted by Crippen LogP contribution is -2.43. The van der Waals surface area contributed by atoms with E-state index >= 15 is 0 Å². The number of rotatable bonds is 6. The second-order valence-electron chi connectivity index (χ2n) is 8.68. The van der Waals surface area contributed by atoms with E-state index in [1.165, 1.54) is 36.0 Å². The molecule has 2 unspecified atom stereocenters. The van der Waals surface area contributed by atoms with Crippen LogP contribution in [0.25, 0.3) is 0 Å². The summed E-state index contributed by atoms with van der Waals surface area (Å²) in [5.41, 5.74) is 5.19. The minimum Gasteiger partial charge on any atom is -0.387 e. The van der Waals surface area contributed by atoms with E-state index in [1.54, 1.807) is 0 Å². The Kier molecular flexibility index (Phi) is 6.73. The van der Waals surface area contributed by atoms with Crippen LogP contribution in [0, 0.1) is 12.8 Å². The van der Waals surface area contributed by atoms with Gasteiger partial charge in [-0.1, -0.05) is 67.9 Å². The monoisotopic (exact) mass is 365 g/mol. The van der Waals surface area contributed by atoms with Gasteiger partial charge < -0.3 is 5.11 Å². The zero-order valence-electron chi connectivity index (χ0n) is 17.4. The number of hydrogen-bond donors (Lipinski definition) is 1. The molecular weight excluding hydrogens is 330 g/mol. The quantitative estimate of drug-likeness (QED) is 0.731. The molecule has 2 aromatic rings. The van der Waals surface area contributed by atoms with Gasteiger partial charge in [-0.3, -0.25) is 4.90 Å². The molecule has 1 heterocycles. The van der Waals surface area contributed by atoms with E-state index < -0.39 is 6.10 Å². The van der Waals surface area contributed by atoms with Crippen molar-refractivity contribution >= 4 is 0 Å². The van der Waals surface area contributed by atoms with Crippen molar-refractivity contribution in [2.75, 3.05) is 13.1 Å². The van der Waals surface area contributed by atoms with Crippen molar-refractivity contribution in [3.05, 3.63) is 70.8 Å². The van der Waals surface area contributed by atoms with Gasteiger partial charge >= 0.3 is 0 Å². The molecule has 1 saturated heterocycles. The molecule has 0 bridgehead atoms. The van der Waals surface area contributed by atoms with E-state index in [4.69, 9.17) is 0 Å². The minimum atomic E-state index is -0.412. The number of aliphatic hydroxyl groups excluding tert-OH is 1. The first kappa shape index (κ1) is 20.1. The number of piperidine rings is 1. The van der Waals surface area contributed by atoms with Gasteiger partial charge in [0.15, 0.2) is 0 Å². The van der Waals surface area contributed by atoms with E-state index in [2.05, 4.69) is 81.1 Å². The molecule has 2 aromatic carbocycles. The van der Waals surface area contributed by atoms with Crippen LogP contribution in [0.4, 0.5) is 0 Å². The highest BCUT2D eigenvalue weighted by Crippen LogP contribution is 2.28. The van der Waals surface area contributed by atoms with Crippen LogP contribution in [0.2, 0.25) is 0 Å². The number of aliphatic hydroxyl groups is 1. The fourth-order valence-corrected chi connectivity index (χ4v) is 4.22. The average Bonchev–Trinajstić information content (AvgIpc) is 2.68. The van der Waals surface area contributed by atoms with Crippen molar-refractivity contribution in [1.82, 2.24) is 4.90 Å². The van der Waals surface area contributed by atoms with Crippen LogP contribution in [0.5, 0.6) is 0 Å². The SMILES string of the molecule is Cc1ccc(C(O)C(C)N2CCC(Cc3cccc(C(C)C)c3)CC2)cc1. The molecule has 0 aromatic heterocycles. The van der Waals surface area contributed by atoms with Crippen LogP contribution in [-0.2, 0) is 6.42 Å². The summed E-state index contributed by atoms with van der Waals surface area (Å²) in [6.07, 6.45) is 3.21. The Morgan fingerprint density at radius 1 is 0.963 bits per heavy atom. The number of nitrogens with zero attached hydrogens (tertiary/aromatic N) is 1. The van der Waals surface area contributed by atoms with E-state index in [1.807, 2.05) is 0 Å². The van der Waals surface area contributed by atoms with Gasteiger partial charge in [0, 0.05) is 6.04 Å². The highest BCUT2D eigenvalue weighted by Gasteiger charge is 2.27. The number of benzene rings is 2. The van der Waals surface area contributed by atoms with Gasteiger partial charge in [-0.05, 0) is 74.7 Å². The average molecular weight is 366 g/mol. The van der Waals surface area contributed by atoms with Crippen LogP contribution in [0.3, 0.4) is 0 Å². The van der Waals surface area contributed by atoms with E-state index in [-0.39, 0.29) is 6.04 Å². The Morgan fingerprint density at radius 2 is 1.63 bits per heavy atom. The Labute approximate surface area is 165 Å². The highest BCUT2D eigenvalue weighted by molar-refractivity contribution is 5.26. The topological polar surface area (TPSA) is 23.5 Å². The third-order valence-electron chi connectivity index (χ3n) is 6.24. The van der Waals surface area contributed by atoms with Crippen LogP contribution < -0.4 is 0 Å². The fraction of sp³-hybridized carbons (Fsp3) is 0.520. The summed E-state index contributed by atoms with van der Waals surface area (Å²) in [6, 6.07) is 17.6. The molecule has 27 heavy (non-hydrogen) atoms. The summed E-state index contributed by atoms with van der Waals surface area (Å²) < 4.78 is 0. The molecule has 1 aliphatic rings. The van der Waals surface area contributed by atoms with Crippen molar-refractivity contribution in [3.63, 3.8) is 0 Å². The van der Waals surface area contributed by atoms with Gasteiger partial charge in [0.2, 0.25) is 0 Å². The third-order valence-corrected chi connectivity index (χ3v) is 6.24. The summed E-state index contributed by atoms with van der Waals surface area (Å²) in [5, 5.41) is 10.8. The summed E-state index contributed by atoms with van der Waals surface area (Å²) in [5.74, 6) is 1.35. The van der Waals surface area contributed by atoms with Crippen molar-refractivity contribution < 1.29 is 5.11 Å². The molecule has 1 N–H and O–H groups in total. The molecule has 0 spiro atoms. The maximum absolute atomic E-state index is 10.8. The van der Waals surface area contributed by atoms with Gasteiger partial charge in [0.1, 0.15) is 0 Å². The Morgan fingerprint density at radius 3 is 2.26 bits per heavy atom. The molecule has 2 heteroatoms. The lowest BCUT2D eigenvalue weighted by molar-refractivity contribution is 0.0373. The van der Waals surface area contributed by atoms with E-state index in [9.17, 15) is 5.11 Å². The maximum Gasteiger partial charge on any atom is 0.0942 e. The first-order chi connectivity index (χ1) is 12.9. The largest absolute Gasteiger partial charge is 0.387 e. The van der Waals surface area contributed by atoms with Crippen molar-refractivity contribution in [1.29, 1.82) is 0 Å². The van der Waals surface area contributed by atoms with E-state index in [0.29, 0.717) is 5.92 Å². The van der Waals surface area contributed by atoms with Gasteiger partial charge in [-0.15, -0.1) is 0 Å². The van der Waals surface area contributed by atoms with E-state index in [0.717, 1.165) is 24.6 Å². The Balaban J connectivity index is 1.53. The normalized spacial score (nSPS) is 18.6. The molecule has 0 radical (unpaired) electrons. The molecule has 2 atom stereocenters. The Bertz CT molecular complexity index is 713. The second kappa shape index (κ2) is 9.03. The van der Waals surface area contributed by atoms with Crippen LogP contribution in [0.15, 0.2) is 48.5 Å². The lowest BCUT2D eigenvalue weighted by Gasteiger charge is -2.38. The molecule has 2 nitrogen and oxygen atoms in total. The van der Waals surface area contributed by atoms with Crippen molar-refractivity contribution in [2.24, 2.45) is 5.92 Å². The number of hydrogen-bond acceptors (Lipinski definition) is 2. The summed E-state index contributed by atoms with van der Waals surface area (Å²) >= 11 is 0. The molecule has 146 valence electrons.